The summed E-state index contributed by atoms with van der Waals surface area (Å²) in [6.45, 7) is 1.77. The molecule has 0 fully saturated rings. The molecule has 0 aliphatic heterocycles. The van der Waals surface area contributed by atoms with Crippen LogP contribution in [0, 0.1) is 6.92 Å². The lowest BCUT2D eigenvalue weighted by molar-refractivity contribution is -0.142. The van der Waals surface area contributed by atoms with Gasteiger partial charge in [-0.1, -0.05) is 18.2 Å². The Balaban J connectivity index is 1.96. The first kappa shape index (κ1) is 18.9. The Morgan fingerprint density at radius 2 is 1.88 bits per heavy atom. The molecule has 0 unspecified atom stereocenters. The Bertz CT molecular complexity index is 805. The number of nitrogens with one attached hydrogen (secondary N) is 1. The van der Waals surface area contributed by atoms with Crippen molar-refractivity contribution in [2.45, 2.75) is 31.0 Å². The fourth-order valence-corrected chi connectivity index (χ4v) is 3.65. The average Bonchev–Trinajstić information content (AvgIpc) is 2.81. The smallest absolute Gasteiger partial charge is 0.268 e. The number of halogens is 4. The van der Waals surface area contributed by atoms with Gasteiger partial charge in [-0.15, -0.1) is 0 Å². The minimum Gasteiger partial charge on any atom is -0.268 e. The number of hydrogen-bond acceptors (Lipinski definition) is 3. The van der Waals surface area contributed by atoms with Gasteiger partial charge in [-0.3, -0.25) is 4.68 Å². The van der Waals surface area contributed by atoms with Crippen molar-refractivity contribution < 1.29 is 21.6 Å². The van der Waals surface area contributed by atoms with Crippen LogP contribution in [0.25, 0.3) is 0 Å². The Morgan fingerprint density at radius 1 is 1.25 bits per heavy atom. The van der Waals surface area contributed by atoms with Gasteiger partial charge in [0.2, 0.25) is 10.0 Å². The summed E-state index contributed by atoms with van der Waals surface area (Å²) in [6, 6.07) is 7.85. The van der Waals surface area contributed by atoms with E-state index in [0.717, 1.165) is 0 Å². The van der Waals surface area contributed by atoms with Crippen molar-refractivity contribution in [1.82, 2.24) is 14.5 Å². The standard InChI is InChI=1S/C14H15BrF3N3O2S/c1-10-12(15)13(14(16,17)18)20-21(10)9-5-8-19-24(22,23)11-6-3-2-4-7-11/h2-4,6-7,19H,5,8-9H2,1H3. The van der Waals surface area contributed by atoms with Crippen LogP contribution >= 0.6 is 15.9 Å². The molecule has 0 spiro atoms. The lowest BCUT2D eigenvalue weighted by atomic mass is 10.3. The van der Waals surface area contributed by atoms with Crippen LogP contribution in [0.5, 0.6) is 0 Å². The SMILES string of the molecule is Cc1c(Br)c(C(F)(F)F)nn1CCCNS(=O)(=O)c1ccccc1. The number of alkyl halides is 3. The van der Waals surface area contributed by atoms with E-state index in [1.165, 1.54) is 23.7 Å². The van der Waals surface area contributed by atoms with Crippen molar-refractivity contribution in [3.05, 3.63) is 46.2 Å². The van der Waals surface area contributed by atoms with E-state index in [9.17, 15) is 21.6 Å². The van der Waals surface area contributed by atoms with Gasteiger partial charge < -0.3 is 0 Å². The number of nitrogens with zero attached hydrogens (tertiary/aromatic N) is 2. The summed E-state index contributed by atoms with van der Waals surface area (Å²) in [5.41, 5.74) is -0.641. The zero-order chi connectivity index (χ0) is 18.0. The summed E-state index contributed by atoms with van der Waals surface area (Å²) in [5, 5.41) is 3.54. The van der Waals surface area contributed by atoms with Gasteiger partial charge in [0.25, 0.3) is 0 Å². The van der Waals surface area contributed by atoms with Gasteiger partial charge in [-0.25, -0.2) is 13.1 Å². The zero-order valence-corrected chi connectivity index (χ0v) is 15.0. The van der Waals surface area contributed by atoms with E-state index in [2.05, 4.69) is 25.8 Å². The first-order valence-corrected chi connectivity index (χ1v) is 9.25. The van der Waals surface area contributed by atoms with E-state index in [-0.39, 0.29) is 22.5 Å². The fraction of sp³-hybridized carbons (Fsp3) is 0.357. The minimum absolute atomic E-state index is 0.0928. The predicted octanol–water partition coefficient (Wildman–Crippen LogP) is 3.34. The normalized spacial score (nSPS) is 12.5. The maximum Gasteiger partial charge on any atom is 0.436 e. The van der Waals surface area contributed by atoms with E-state index >= 15 is 0 Å². The maximum atomic E-state index is 12.8. The van der Waals surface area contributed by atoms with Crippen LogP contribution < -0.4 is 4.72 Å². The molecule has 1 heterocycles. The van der Waals surface area contributed by atoms with Crippen molar-refractivity contribution in [2.24, 2.45) is 0 Å². The summed E-state index contributed by atoms with van der Waals surface area (Å²) < 4.78 is 65.9. The van der Waals surface area contributed by atoms with E-state index < -0.39 is 21.9 Å². The second-order valence-corrected chi connectivity index (χ2v) is 7.59. The van der Waals surface area contributed by atoms with E-state index in [1.54, 1.807) is 18.2 Å². The quantitative estimate of drug-likeness (QED) is 0.721. The van der Waals surface area contributed by atoms with Gasteiger partial charge in [-0.2, -0.15) is 18.3 Å². The van der Waals surface area contributed by atoms with Crippen molar-refractivity contribution in [3.8, 4) is 0 Å². The molecule has 132 valence electrons. The molecule has 1 aromatic carbocycles. The van der Waals surface area contributed by atoms with Crippen LogP contribution in [-0.2, 0) is 22.7 Å². The highest BCUT2D eigenvalue weighted by Crippen LogP contribution is 2.35. The van der Waals surface area contributed by atoms with Gasteiger partial charge in [0.1, 0.15) is 0 Å². The Morgan fingerprint density at radius 3 is 2.42 bits per heavy atom. The Kier molecular flexibility index (Phi) is 5.71. The van der Waals surface area contributed by atoms with E-state index in [0.29, 0.717) is 12.1 Å². The summed E-state index contributed by atoms with van der Waals surface area (Å²) in [4.78, 5) is 0.141. The molecule has 10 heteroatoms. The molecule has 2 rings (SSSR count). The number of hydrogen-bond donors (Lipinski definition) is 1. The molecule has 0 atom stereocenters. The van der Waals surface area contributed by atoms with E-state index in [1.807, 2.05) is 0 Å². The Hall–Kier alpha value is -1.39. The zero-order valence-electron chi connectivity index (χ0n) is 12.6. The highest BCUT2D eigenvalue weighted by Gasteiger charge is 2.37. The first-order chi connectivity index (χ1) is 11.1. The number of aryl methyl sites for hydroxylation is 1. The van der Waals surface area contributed by atoms with E-state index in [4.69, 9.17) is 0 Å². The molecule has 0 aliphatic rings. The van der Waals surface area contributed by atoms with Crippen LogP contribution in [0.15, 0.2) is 39.7 Å². The Labute approximate surface area is 146 Å². The van der Waals surface area contributed by atoms with Crippen LogP contribution in [0.3, 0.4) is 0 Å². The van der Waals surface area contributed by atoms with Crippen molar-refractivity contribution in [2.75, 3.05) is 6.54 Å². The minimum atomic E-state index is -4.54. The molecular formula is C14H15BrF3N3O2S. The van der Waals surface area contributed by atoms with Crippen molar-refractivity contribution in [3.63, 3.8) is 0 Å². The van der Waals surface area contributed by atoms with Crippen molar-refractivity contribution >= 4 is 26.0 Å². The molecule has 0 amide bonds. The highest BCUT2D eigenvalue weighted by molar-refractivity contribution is 9.10. The molecule has 0 aliphatic carbocycles. The van der Waals surface area contributed by atoms with Gasteiger partial charge in [-0.05, 0) is 41.4 Å². The molecule has 5 nitrogen and oxygen atoms in total. The average molecular weight is 426 g/mol. The van der Waals surface area contributed by atoms with Crippen LogP contribution in [0.4, 0.5) is 13.2 Å². The molecule has 24 heavy (non-hydrogen) atoms. The molecule has 0 radical (unpaired) electrons. The first-order valence-electron chi connectivity index (χ1n) is 6.98. The molecule has 2 aromatic rings. The largest absolute Gasteiger partial charge is 0.436 e. The van der Waals surface area contributed by atoms with Gasteiger partial charge in [0.15, 0.2) is 5.69 Å². The third-order valence-electron chi connectivity index (χ3n) is 3.29. The molecular weight excluding hydrogens is 411 g/mol. The lowest BCUT2D eigenvalue weighted by Crippen LogP contribution is -2.25. The van der Waals surface area contributed by atoms with Gasteiger partial charge in [0, 0.05) is 13.1 Å². The number of rotatable bonds is 6. The molecule has 1 aromatic heterocycles. The van der Waals surface area contributed by atoms with Crippen LogP contribution in [0.1, 0.15) is 17.8 Å². The third-order valence-corrected chi connectivity index (χ3v) is 5.72. The van der Waals surface area contributed by atoms with Gasteiger partial charge in [0.05, 0.1) is 15.1 Å². The molecule has 0 bridgehead atoms. The monoisotopic (exact) mass is 425 g/mol. The summed E-state index contributed by atoms with van der Waals surface area (Å²) in [6.07, 6.45) is -4.23. The predicted molar refractivity (Wildman–Crippen MR) is 85.9 cm³/mol. The van der Waals surface area contributed by atoms with Gasteiger partial charge >= 0.3 is 6.18 Å². The van der Waals surface area contributed by atoms with Crippen LogP contribution in [0.2, 0.25) is 0 Å². The topological polar surface area (TPSA) is 64.0 Å². The lowest BCUT2D eigenvalue weighted by Gasteiger charge is -2.07. The molecule has 1 N–H and O–H groups in total. The number of benzene rings is 1. The molecule has 0 saturated carbocycles. The summed E-state index contributed by atoms with van der Waals surface area (Å²) in [5.74, 6) is 0. The number of sulfonamides is 1. The highest BCUT2D eigenvalue weighted by atomic mass is 79.9. The maximum absolute atomic E-state index is 12.8. The number of aromatic nitrogens is 2. The fourth-order valence-electron chi connectivity index (χ4n) is 2.04. The van der Waals surface area contributed by atoms with Crippen molar-refractivity contribution in [1.29, 1.82) is 0 Å². The second-order valence-electron chi connectivity index (χ2n) is 5.03. The van der Waals surface area contributed by atoms with Crippen LogP contribution in [-0.4, -0.2) is 24.7 Å². The summed E-state index contributed by atoms with van der Waals surface area (Å²) in [7, 11) is -3.62. The molecule has 0 saturated heterocycles. The third kappa shape index (κ3) is 4.37. The summed E-state index contributed by atoms with van der Waals surface area (Å²) >= 11 is 2.89. The second kappa shape index (κ2) is 7.24.